The lowest BCUT2D eigenvalue weighted by atomic mass is 10.1. The van der Waals surface area contributed by atoms with Gasteiger partial charge in [0.05, 0.1) is 5.52 Å². The summed E-state index contributed by atoms with van der Waals surface area (Å²) >= 11 is 7.67. The third kappa shape index (κ3) is 2.42. The molecule has 0 saturated carbocycles. The topological polar surface area (TPSA) is 17.8 Å². The molecule has 0 spiro atoms. The van der Waals surface area contributed by atoms with Crippen LogP contribution in [0.3, 0.4) is 0 Å². The molecule has 6 heteroatoms. The summed E-state index contributed by atoms with van der Waals surface area (Å²) in [7, 11) is 0. The van der Waals surface area contributed by atoms with Crippen molar-refractivity contribution in [2.75, 3.05) is 17.4 Å². The molecular formula is C14H15ClF2N2S. The molecule has 1 saturated heterocycles. The highest BCUT2D eigenvalue weighted by Crippen LogP contribution is 2.33. The molecule has 108 valence electrons. The molecule has 1 fully saturated rings. The number of imidazole rings is 1. The van der Waals surface area contributed by atoms with Gasteiger partial charge in [0.1, 0.15) is 11.3 Å². The van der Waals surface area contributed by atoms with E-state index in [0.717, 1.165) is 36.2 Å². The Kier molecular flexibility index (Phi) is 4.17. The molecule has 0 radical (unpaired) electrons. The fourth-order valence-electron chi connectivity index (χ4n) is 2.75. The maximum atomic E-state index is 14.2. The van der Waals surface area contributed by atoms with Crippen molar-refractivity contribution < 1.29 is 8.78 Å². The Morgan fingerprint density at radius 1 is 1.40 bits per heavy atom. The molecule has 0 aliphatic carbocycles. The Balaban J connectivity index is 2.18. The summed E-state index contributed by atoms with van der Waals surface area (Å²) in [5, 5.41) is 0. The molecule has 0 amide bonds. The smallest absolute Gasteiger partial charge is 0.184 e. The minimum absolute atomic E-state index is 0.174. The van der Waals surface area contributed by atoms with Crippen LogP contribution < -0.4 is 0 Å². The number of alkyl halides is 1. The van der Waals surface area contributed by atoms with Gasteiger partial charge in [-0.1, -0.05) is 0 Å². The molecule has 1 aliphatic rings. The summed E-state index contributed by atoms with van der Waals surface area (Å²) < 4.78 is 29.6. The summed E-state index contributed by atoms with van der Waals surface area (Å²) in [6.45, 7) is 0. The first-order chi connectivity index (χ1) is 9.72. The first-order valence-corrected chi connectivity index (χ1v) is 8.40. The molecule has 0 bridgehead atoms. The number of rotatable bonds is 3. The Labute approximate surface area is 125 Å². The zero-order valence-electron chi connectivity index (χ0n) is 10.9. The second-order valence-electron chi connectivity index (χ2n) is 4.94. The number of hydrogen-bond acceptors (Lipinski definition) is 2. The molecule has 2 aromatic rings. The number of benzene rings is 1. The van der Waals surface area contributed by atoms with Gasteiger partial charge in [0.15, 0.2) is 11.6 Å². The quantitative estimate of drug-likeness (QED) is 0.791. The van der Waals surface area contributed by atoms with Crippen molar-refractivity contribution in [2.24, 2.45) is 0 Å². The third-order valence-electron chi connectivity index (χ3n) is 3.64. The molecule has 1 aromatic heterocycles. The van der Waals surface area contributed by atoms with Crippen LogP contribution in [-0.2, 0) is 6.42 Å². The maximum absolute atomic E-state index is 14.2. The number of halogens is 3. The largest absolute Gasteiger partial charge is 0.321 e. The van der Waals surface area contributed by atoms with Gasteiger partial charge in [-0.3, -0.25) is 0 Å². The van der Waals surface area contributed by atoms with Gasteiger partial charge in [-0.15, -0.1) is 11.6 Å². The van der Waals surface area contributed by atoms with Gasteiger partial charge in [-0.25, -0.2) is 13.8 Å². The van der Waals surface area contributed by atoms with Crippen LogP contribution in [0.5, 0.6) is 0 Å². The minimum atomic E-state index is -0.820. The second kappa shape index (κ2) is 5.90. The van der Waals surface area contributed by atoms with E-state index >= 15 is 0 Å². The van der Waals surface area contributed by atoms with Crippen LogP contribution in [0, 0.1) is 11.6 Å². The van der Waals surface area contributed by atoms with Crippen molar-refractivity contribution in [3.63, 3.8) is 0 Å². The van der Waals surface area contributed by atoms with Gasteiger partial charge < -0.3 is 4.57 Å². The Morgan fingerprint density at radius 3 is 2.95 bits per heavy atom. The summed E-state index contributed by atoms with van der Waals surface area (Å²) in [6, 6.07) is 2.85. The van der Waals surface area contributed by atoms with Crippen molar-refractivity contribution in [3.8, 4) is 0 Å². The summed E-state index contributed by atoms with van der Waals surface area (Å²) in [5.41, 5.74) is 0.803. The molecule has 3 rings (SSSR count). The van der Waals surface area contributed by atoms with E-state index in [1.165, 1.54) is 6.07 Å². The zero-order valence-corrected chi connectivity index (χ0v) is 12.5. The number of aromatic nitrogens is 2. The zero-order chi connectivity index (χ0) is 14.1. The van der Waals surface area contributed by atoms with Crippen molar-refractivity contribution in [3.05, 3.63) is 29.6 Å². The first kappa shape index (κ1) is 14.1. The van der Waals surface area contributed by atoms with Crippen molar-refractivity contribution >= 4 is 34.4 Å². The molecule has 1 aromatic carbocycles. The highest BCUT2D eigenvalue weighted by Gasteiger charge is 2.24. The van der Waals surface area contributed by atoms with Crippen molar-refractivity contribution in [1.29, 1.82) is 0 Å². The van der Waals surface area contributed by atoms with E-state index in [4.69, 9.17) is 11.6 Å². The predicted molar refractivity (Wildman–Crippen MR) is 79.7 cm³/mol. The minimum Gasteiger partial charge on any atom is -0.321 e. The Morgan fingerprint density at radius 2 is 2.25 bits per heavy atom. The van der Waals surface area contributed by atoms with Crippen LogP contribution in [0.4, 0.5) is 8.78 Å². The molecule has 2 heterocycles. The summed E-state index contributed by atoms with van der Waals surface area (Å²) in [4.78, 5) is 4.44. The van der Waals surface area contributed by atoms with Crippen LogP contribution in [0.25, 0.3) is 11.0 Å². The van der Waals surface area contributed by atoms with Gasteiger partial charge in [-0.2, -0.15) is 11.8 Å². The number of fused-ring (bicyclic) bond motifs is 1. The lowest BCUT2D eigenvalue weighted by Gasteiger charge is -2.25. The van der Waals surface area contributed by atoms with Crippen molar-refractivity contribution in [1.82, 2.24) is 9.55 Å². The molecular weight excluding hydrogens is 302 g/mol. The molecule has 1 atom stereocenters. The van der Waals surface area contributed by atoms with E-state index in [0.29, 0.717) is 17.8 Å². The fourth-order valence-corrected chi connectivity index (χ4v) is 4.05. The SMILES string of the molecule is Fc1ccc2nc(CCCl)n(C3CCCSC3)c2c1F. The number of aryl methyl sites for hydroxylation is 1. The number of hydrogen-bond donors (Lipinski definition) is 0. The first-order valence-electron chi connectivity index (χ1n) is 6.71. The monoisotopic (exact) mass is 316 g/mol. The van der Waals surface area contributed by atoms with E-state index in [2.05, 4.69) is 4.98 Å². The highest BCUT2D eigenvalue weighted by molar-refractivity contribution is 7.99. The molecule has 20 heavy (non-hydrogen) atoms. The van der Waals surface area contributed by atoms with E-state index in [-0.39, 0.29) is 11.6 Å². The normalized spacial score (nSPS) is 19.6. The average Bonchev–Trinajstić information content (AvgIpc) is 2.83. The van der Waals surface area contributed by atoms with Gasteiger partial charge in [0.2, 0.25) is 0 Å². The second-order valence-corrected chi connectivity index (χ2v) is 6.46. The van der Waals surface area contributed by atoms with Crippen LogP contribution >= 0.6 is 23.4 Å². The summed E-state index contributed by atoms with van der Waals surface area (Å²) in [6.07, 6.45) is 2.63. The molecule has 2 nitrogen and oxygen atoms in total. The van der Waals surface area contributed by atoms with Crippen LogP contribution in [-0.4, -0.2) is 26.9 Å². The fraction of sp³-hybridized carbons (Fsp3) is 0.500. The Hall–Kier alpha value is -0.810. The lowest BCUT2D eigenvalue weighted by molar-refractivity contribution is 0.475. The van der Waals surface area contributed by atoms with E-state index in [9.17, 15) is 8.78 Å². The van der Waals surface area contributed by atoms with E-state index in [1.807, 2.05) is 16.3 Å². The highest BCUT2D eigenvalue weighted by atomic mass is 35.5. The van der Waals surface area contributed by atoms with Gasteiger partial charge in [0.25, 0.3) is 0 Å². The summed E-state index contributed by atoms with van der Waals surface area (Å²) in [5.74, 6) is 1.60. The van der Waals surface area contributed by atoms with Crippen molar-refractivity contribution in [2.45, 2.75) is 25.3 Å². The standard InChI is InChI=1S/C14H15ClF2N2S/c15-6-5-12-18-11-4-3-10(16)13(17)14(11)19(12)9-2-1-7-20-8-9/h3-4,9H,1-2,5-8H2. The Bertz CT molecular complexity index is 623. The van der Waals surface area contributed by atoms with Crippen LogP contribution in [0.2, 0.25) is 0 Å². The van der Waals surface area contributed by atoms with Crippen LogP contribution in [0.15, 0.2) is 12.1 Å². The maximum Gasteiger partial charge on any atom is 0.184 e. The van der Waals surface area contributed by atoms with Crippen LogP contribution in [0.1, 0.15) is 24.7 Å². The van der Waals surface area contributed by atoms with Gasteiger partial charge in [-0.05, 0) is 30.7 Å². The van der Waals surface area contributed by atoms with Gasteiger partial charge >= 0.3 is 0 Å². The predicted octanol–water partition coefficient (Wildman–Crippen LogP) is 4.16. The number of thioether (sulfide) groups is 1. The lowest BCUT2D eigenvalue weighted by Crippen LogP contribution is -2.19. The molecule has 0 N–H and O–H groups in total. The van der Waals surface area contributed by atoms with E-state index < -0.39 is 11.6 Å². The molecule has 1 unspecified atom stereocenters. The molecule has 1 aliphatic heterocycles. The average molecular weight is 317 g/mol. The third-order valence-corrected chi connectivity index (χ3v) is 5.02. The van der Waals surface area contributed by atoms with E-state index in [1.54, 1.807) is 0 Å². The number of nitrogens with zero attached hydrogens (tertiary/aromatic N) is 2. The van der Waals surface area contributed by atoms with Gasteiger partial charge in [0, 0.05) is 24.1 Å².